The molecule has 9 nitrogen and oxygen atoms in total. The van der Waals surface area contributed by atoms with Gasteiger partial charge in [-0.3, -0.25) is 19.2 Å². The van der Waals surface area contributed by atoms with E-state index >= 15 is 0 Å². The zero-order chi connectivity index (χ0) is 24.2. The molecule has 0 radical (unpaired) electrons. The van der Waals surface area contributed by atoms with Crippen LogP contribution in [0.15, 0.2) is 48.5 Å². The van der Waals surface area contributed by atoms with E-state index in [0.717, 1.165) is 0 Å². The first-order chi connectivity index (χ1) is 15.8. The lowest BCUT2D eigenvalue weighted by Gasteiger charge is -2.08. The zero-order valence-corrected chi connectivity index (χ0v) is 18.5. The summed E-state index contributed by atoms with van der Waals surface area (Å²) in [5.74, 6) is -1.99. The smallest absolute Gasteiger partial charge is 0.338 e. The predicted octanol–water partition coefficient (Wildman–Crippen LogP) is 3.36. The van der Waals surface area contributed by atoms with Crippen molar-refractivity contribution in [3.63, 3.8) is 0 Å². The van der Waals surface area contributed by atoms with Gasteiger partial charge in [-0.1, -0.05) is 12.1 Å². The minimum atomic E-state index is -0.603. The molecule has 2 rings (SSSR count). The number of ether oxygens (including phenoxy) is 2. The first-order valence-electron chi connectivity index (χ1n) is 10.4. The molecule has 0 saturated carbocycles. The Bertz CT molecular complexity index is 1020. The van der Waals surface area contributed by atoms with Crippen LogP contribution in [-0.2, 0) is 23.9 Å². The highest BCUT2D eigenvalue weighted by atomic mass is 16.5. The number of rotatable bonds is 11. The van der Waals surface area contributed by atoms with E-state index in [2.05, 4.69) is 10.6 Å². The third-order valence-electron chi connectivity index (χ3n) is 4.38. The summed E-state index contributed by atoms with van der Waals surface area (Å²) >= 11 is 0. The summed E-state index contributed by atoms with van der Waals surface area (Å²) in [5, 5.41) is 5.22. The second-order valence-corrected chi connectivity index (χ2v) is 7.05. The van der Waals surface area contributed by atoms with Crippen LogP contribution in [0.25, 0.3) is 0 Å². The molecule has 0 aliphatic carbocycles. The van der Waals surface area contributed by atoms with Crippen LogP contribution >= 0.6 is 0 Å². The lowest BCUT2D eigenvalue weighted by atomic mass is 10.1. The monoisotopic (exact) mass is 454 g/mol. The van der Waals surface area contributed by atoms with Gasteiger partial charge >= 0.3 is 11.9 Å². The molecule has 2 aromatic carbocycles. The van der Waals surface area contributed by atoms with Crippen LogP contribution in [0.5, 0.6) is 0 Å². The largest absolute Gasteiger partial charge is 0.462 e. The van der Waals surface area contributed by atoms with Crippen LogP contribution in [0.1, 0.15) is 53.8 Å². The average molecular weight is 454 g/mol. The van der Waals surface area contributed by atoms with Crippen molar-refractivity contribution in [2.45, 2.75) is 33.1 Å². The van der Waals surface area contributed by atoms with Crippen molar-refractivity contribution < 1.29 is 33.4 Å². The summed E-state index contributed by atoms with van der Waals surface area (Å²) in [4.78, 5) is 58.8. The Morgan fingerprint density at radius 2 is 1.48 bits per heavy atom. The van der Waals surface area contributed by atoms with Gasteiger partial charge in [0.2, 0.25) is 5.91 Å². The number of hydrogen-bond acceptors (Lipinski definition) is 7. The number of amides is 2. The van der Waals surface area contributed by atoms with Gasteiger partial charge in [-0.25, -0.2) is 4.79 Å². The van der Waals surface area contributed by atoms with E-state index in [9.17, 15) is 24.0 Å². The maximum atomic E-state index is 12.0. The highest BCUT2D eigenvalue weighted by Crippen LogP contribution is 2.13. The van der Waals surface area contributed by atoms with Gasteiger partial charge in [0.15, 0.2) is 12.4 Å². The third-order valence-corrected chi connectivity index (χ3v) is 4.38. The summed E-state index contributed by atoms with van der Waals surface area (Å²) in [6.45, 7) is 2.94. The Hall–Kier alpha value is -4.01. The second-order valence-electron chi connectivity index (χ2n) is 7.05. The number of nitrogens with one attached hydrogen (secondary N) is 2. The first-order valence-corrected chi connectivity index (χ1v) is 10.4. The molecule has 2 amide bonds. The lowest BCUT2D eigenvalue weighted by molar-refractivity contribution is -0.147. The average Bonchev–Trinajstić information content (AvgIpc) is 2.78. The first kappa shape index (κ1) is 25.3. The summed E-state index contributed by atoms with van der Waals surface area (Å²) in [6.07, 6.45) is 0.300. The number of carbonyl (C=O) groups excluding carboxylic acids is 5. The molecule has 0 bridgehead atoms. The summed E-state index contributed by atoms with van der Waals surface area (Å²) in [5.41, 5.74) is 1.79. The number of ketones is 1. The molecule has 9 heteroatoms. The Kier molecular flexibility index (Phi) is 9.76. The number of hydrogen-bond donors (Lipinski definition) is 2. The van der Waals surface area contributed by atoms with Gasteiger partial charge in [-0.05, 0) is 56.7 Å². The second kappa shape index (κ2) is 12.7. The molecule has 0 spiro atoms. The number of carbonyl (C=O) groups is 5. The molecule has 0 heterocycles. The molecule has 174 valence electrons. The molecule has 0 aromatic heterocycles. The molecular formula is C24H26N2O7. The van der Waals surface area contributed by atoms with E-state index in [1.807, 2.05) is 0 Å². The molecule has 2 N–H and O–H groups in total. The molecule has 0 aliphatic heterocycles. The van der Waals surface area contributed by atoms with Crippen molar-refractivity contribution in [1.82, 2.24) is 0 Å². The molecular weight excluding hydrogens is 428 g/mol. The van der Waals surface area contributed by atoms with Crippen LogP contribution in [0, 0.1) is 0 Å². The van der Waals surface area contributed by atoms with Gasteiger partial charge in [0.05, 0.1) is 12.2 Å². The zero-order valence-electron chi connectivity index (χ0n) is 18.5. The third kappa shape index (κ3) is 8.94. The Morgan fingerprint density at radius 1 is 0.788 bits per heavy atom. The van der Waals surface area contributed by atoms with Crippen LogP contribution < -0.4 is 10.6 Å². The van der Waals surface area contributed by atoms with E-state index < -0.39 is 24.5 Å². The SMILES string of the molecule is CCOC(=O)c1ccc(NC(=O)COC(=O)CCCC(=O)Nc2cccc(C(C)=O)c2)cc1. The fraction of sp³-hybridized carbons (Fsp3) is 0.292. The normalized spacial score (nSPS) is 10.1. The van der Waals surface area contributed by atoms with Crippen LogP contribution in [0.4, 0.5) is 11.4 Å². The maximum absolute atomic E-state index is 12.0. The van der Waals surface area contributed by atoms with Crippen molar-refractivity contribution in [3.8, 4) is 0 Å². The molecule has 0 saturated heterocycles. The lowest BCUT2D eigenvalue weighted by Crippen LogP contribution is -2.21. The molecule has 0 aliphatic rings. The highest BCUT2D eigenvalue weighted by molar-refractivity contribution is 5.97. The number of benzene rings is 2. The molecule has 0 fully saturated rings. The van der Waals surface area contributed by atoms with E-state index in [1.165, 1.54) is 31.2 Å². The minimum Gasteiger partial charge on any atom is -0.462 e. The standard InChI is InChI=1S/C24H26N2O7/c1-3-32-24(31)17-10-12-19(13-11-17)25-22(29)15-33-23(30)9-5-8-21(28)26-20-7-4-6-18(14-20)16(2)27/h4,6-7,10-14H,3,5,8-9,15H2,1-2H3,(H,25,29)(H,26,28). The number of Topliss-reactive ketones (excluding diaryl/α,β-unsaturated/α-hetero) is 1. The van der Waals surface area contributed by atoms with Crippen LogP contribution in [0.2, 0.25) is 0 Å². The van der Waals surface area contributed by atoms with Crippen molar-refractivity contribution in [3.05, 3.63) is 59.7 Å². The van der Waals surface area contributed by atoms with E-state index in [0.29, 0.717) is 22.5 Å². The Balaban J connectivity index is 1.67. The fourth-order valence-corrected chi connectivity index (χ4v) is 2.75. The summed E-state index contributed by atoms with van der Waals surface area (Å²) in [6, 6.07) is 12.7. The van der Waals surface area contributed by atoms with Gasteiger partial charge in [0.25, 0.3) is 5.91 Å². The molecule has 2 aromatic rings. The summed E-state index contributed by atoms with van der Waals surface area (Å²) < 4.78 is 9.80. The Labute approximate surface area is 191 Å². The summed E-state index contributed by atoms with van der Waals surface area (Å²) in [7, 11) is 0. The van der Waals surface area contributed by atoms with Crippen molar-refractivity contribution in [1.29, 1.82) is 0 Å². The van der Waals surface area contributed by atoms with Crippen LogP contribution in [0.3, 0.4) is 0 Å². The van der Waals surface area contributed by atoms with Gasteiger partial charge < -0.3 is 20.1 Å². The van der Waals surface area contributed by atoms with E-state index in [1.54, 1.807) is 31.2 Å². The van der Waals surface area contributed by atoms with Crippen LogP contribution in [-0.4, -0.2) is 42.7 Å². The van der Waals surface area contributed by atoms with Crippen molar-refractivity contribution >= 4 is 40.9 Å². The highest BCUT2D eigenvalue weighted by Gasteiger charge is 2.11. The maximum Gasteiger partial charge on any atom is 0.338 e. The molecule has 33 heavy (non-hydrogen) atoms. The molecule has 0 unspecified atom stereocenters. The topological polar surface area (TPSA) is 128 Å². The minimum absolute atomic E-state index is 0.0254. The van der Waals surface area contributed by atoms with Gasteiger partial charge in [-0.15, -0.1) is 0 Å². The molecule has 0 atom stereocenters. The van der Waals surface area contributed by atoms with Gasteiger partial charge in [-0.2, -0.15) is 0 Å². The fourth-order valence-electron chi connectivity index (χ4n) is 2.75. The van der Waals surface area contributed by atoms with E-state index in [-0.39, 0.29) is 37.6 Å². The van der Waals surface area contributed by atoms with Gasteiger partial charge in [0.1, 0.15) is 0 Å². The number of anilines is 2. The van der Waals surface area contributed by atoms with Gasteiger partial charge in [0, 0.05) is 29.8 Å². The predicted molar refractivity (Wildman–Crippen MR) is 121 cm³/mol. The van der Waals surface area contributed by atoms with Crippen molar-refractivity contribution in [2.75, 3.05) is 23.8 Å². The van der Waals surface area contributed by atoms with Crippen molar-refractivity contribution in [2.24, 2.45) is 0 Å². The van der Waals surface area contributed by atoms with E-state index in [4.69, 9.17) is 9.47 Å². The quantitative estimate of drug-likeness (QED) is 0.394. The Morgan fingerprint density at radius 3 is 2.15 bits per heavy atom. The number of esters is 2.